The van der Waals surface area contributed by atoms with Gasteiger partial charge in [-0.25, -0.2) is 4.39 Å². The molecule has 0 unspecified atom stereocenters. The first-order valence-electron chi connectivity index (χ1n) is 8.74. The molecule has 3 rings (SSSR count). The normalized spacial score (nSPS) is 18.9. The average molecular weight is 403 g/mol. The lowest BCUT2D eigenvalue weighted by molar-refractivity contribution is -0.140. The Morgan fingerprint density at radius 2 is 1.71 bits per heavy atom. The van der Waals surface area contributed by atoms with Gasteiger partial charge in [0.2, 0.25) is 0 Å². The Kier molecular flexibility index (Phi) is 5.82. The number of hydrogen-bond donors (Lipinski definition) is 1. The second-order valence-corrected chi connectivity index (χ2v) is 7.29. The van der Waals surface area contributed by atoms with Crippen LogP contribution < -0.4 is 0 Å². The van der Waals surface area contributed by atoms with E-state index < -0.39 is 23.5 Å². The zero-order valence-corrected chi connectivity index (χ0v) is 16.3. The Hall–Kier alpha value is -2.70. The van der Waals surface area contributed by atoms with Gasteiger partial charge in [-0.05, 0) is 56.1 Å². The molecule has 2 aromatic rings. The number of amides is 1. The molecule has 0 radical (unpaired) electrons. The molecule has 0 saturated carbocycles. The zero-order valence-electron chi connectivity index (χ0n) is 15.5. The summed E-state index contributed by atoms with van der Waals surface area (Å²) in [5.41, 5.74) is 0.912. The van der Waals surface area contributed by atoms with Crippen molar-refractivity contribution in [3.8, 4) is 0 Å². The second-order valence-electron chi connectivity index (χ2n) is 6.85. The fraction of sp³-hybridized carbons (Fsp3) is 0.238. The lowest BCUT2D eigenvalue weighted by atomic mass is 9.95. The first-order chi connectivity index (χ1) is 13.3. The molecule has 1 aliphatic heterocycles. The Labute approximate surface area is 167 Å². The highest BCUT2D eigenvalue weighted by Gasteiger charge is 2.45. The number of nitrogens with zero attached hydrogens (tertiary/aromatic N) is 2. The van der Waals surface area contributed by atoms with E-state index in [-0.39, 0.29) is 17.9 Å². The quantitative estimate of drug-likeness (QED) is 0.472. The molecule has 1 aliphatic rings. The van der Waals surface area contributed by atoms with Crippen LogP contribution in [0, 0.1) is 5.82 Å². The van der Waals surface area contributed by atoms with Crippen molar-refractivity contribution in [1.82, 2.24) is 9.80 Å². The highest BCUT2D eigenvalue weighted by atomic mass is 35.5. The Morgan fingerprint density at radius 3 is 2.29 bits per heavy atom. The smallest absolute Gasteiger partial charge is 0.295 e. The van der Waals surface area contributed by atoms with Gasteiger partial charge in [0.05, 0.1) is 11.6 Å². The molecule has 28 heavy (non-hydrogen) atoms. The predicted octanol–water partition coefficient (Wildman–Crippen LogP) is 3.46. The number of carbonyl (C=O) groups is 2. The molecule has 0 aliphatic carbocycles. The van der Waals surface area contributed by atoms with E-state index in [0.717, 1.165) is 0 Å². The van der Waals surface area contributed by atoms with Crippen molar-refractivity contribution in [3.05, 3.63) is 76.1 Å². The third-order valence-electron chi connectivity index (χ3n) is 4.63. The fourth-order valence-corrected chi connectivity index (χ4v) is 3.30. The summed E-state index contributed by atoms with van der Waals surface area (Å²) < 4.78 is 13.4. The van der Waals surface area contributed by atoms with E-state index in [0.29, 0.717) is 22.7 Å². The average Bonchev–Trinajstić information content (AvgIpc) is 2.91. The van der Waals surface area contributed by atoms with Crippen LogP contribution in [0.4, 0.5) is 4.39 Å². The summed E-state index contributed by atoms with van der Waals surface area (Å²) in [5.74, 6) is -2.16. The summed E-state index contributed by atoms with van der Waals surface area (Å²) in [5, 5.41) is 11.3. The summed E-state index contributed by atoms with van der Waals surface area (Å²) in [6.45, 7) is 0.822. The van der Waals surface area contributed by atoms with Crippen molar-refractivity contribution in [3.63, 3.8) is 0 Å². The molecule has 146 valence electrons. The largest absolute Gasteiger partial charge is 0.507 e. The number of carbonyl (C=O) groups excluding carboxylic acids is 2. The number of Topliss-reactive ketones (excluding diaryl/α,β-unsaturated/α-hetero) is 1. The number of halogens is 2. The van der Waals surface area contributed by atoms with Gasteiger partial charge in [-0.15, -0.1) is 0 Å². The van der Waals surface area contributed by atoms with Crippen molar-refractivity contribution in [1.29, 1.82) is 0 Å². The molecule has 1 atom stereocenters. The molecule has 1 heterocycles. The number of ketones is 1. The van der Waals surface area contributed by atoms with Crippen molar-refractivity contribution in [2.45, 2.75) is 6.04 Å². The minimum atomic E-state index is -0.795. The molecule has 0 spiro atoms. The molecule has 5 nitrogen and oxygen atoms in total. The van der Waals surface area contributed by atoms with Crippen LogP contribution in [0.5, 0.6) is 0 Å². The van der Waals surface area contributed by atoms with E-state index in [2.05, 4.69) is 0 Å². The summed E-state index contributed by atoms with van der Waals surface area (Å²) in [6.07, 6.45) is 0. The van der Waals surface area contributed by atoms with Crippen LogP contribution in [0.2, 0.25) is 5.02 Å². The van der Waals surface area contributed by atoms with Crippen LogP contribution in [-0.2, 0) is 9.59 Å². The maximum Gasteiger partial charge on any atom is 0.295 e. The number of hydrogen-bond acceptors (Lipinski definition) is 4. The van der Waals surface area contributed by atoms with Crippen molar-refractivity contribution < 1.29 is 19.1 Å². The second kappa shape index (κ2) is 8.12. The van der Waals surface area contributed by atoms with Gasteiger partial charge < -0.3 is 14.9 Å². The van der Waals surface area contributed by atoms with Crippen LogP contribution in [0.3, 0.4) is 0 Å². The topological polar surface area (TPSA) is 60.9 Å². The Balaban J connectivity index is 2.13. The molecule has 7 heteroatoms. The minimum absolute atomic E-state index is 0.0160. The molecule has 1 saturated heterocycles. The molecule has 1 amide bonds. The van der Waals surface area contributed by atoms with Crippen LogP contribution >= 0.6 is 11.6 Å². The first-order valence-corrected chi connectivity index (χ1v) is 9.12. The van der Waals surface area contributed by atoms with E-state index in [9.17, 15) is 19.1 Å². The maximum absolute atomic E-state index is 13.4. The lowest BCUT2D eigenvalue weighted by Gasteiger charge is -2.26. The Morgan fingerprint density at radius 1 is 1.11 bits per heavy atom. The van der Waals surface area contributed by atoms with Gasteiger partial charge in [0, 0.05) is 23.7 Å². The monoisotopic (exact) mass is 402 g/mol. The van der Waals surface area contributed by atoms with Crippen LogP contribution in [-0.4, -0.2) is 53.8 Å². The van der Waals surface area contributed by atoms with Crippen LogP contribution in [0.15, 0.2) is 54.1 Å². The summed E-state index contributed by atoms with van der Waals surface area (Å²) in [4.78, 5) is 28.8. The van der Waals surface area contributed by atoms with Crippen LogP contribution in [0.1, 0.15) is 17.2 Å². The van der Waals surface area contributed by atoms with E-state index in [4.69, 9.17) is 11.6 Å². The number of likely N-dealkylation sites (N-methyl/N-ethyl adjacent to an activating group) is 1. The van der Waals surface area contributed by atoms with Crippen molar-refractivity contribution in [2.75, 3.05) is 27.2 Å². The molecular weight excluding hydrogens is 383 g/mol. The predicted molar refractivity (Wildman–Crippen MR) is 105 cm³/mol. The third kappa shape index (κ3) is 3.93. The molecule has 0 bridgehead atoms. The lowest BCUT2D eigenvalue weighted by Crippen LogP contribution is -2.35. The first kappa shape index (κ1) is 20.0. The summed E-state index contributed by atoms with van der Waals surface area (Å²) >= 11 is 5.89. The van der Waals surface area contributed by atoms with E-state index >= 15 is 0 Å². The molecule has 1 fully saturated rings. The highest BCUT2D eigenvalue weighted by Crippen LogP contribution is 2.39. The molecule has 1 N–H and O–H groups in total. The third-order valence-corrected chi connectivity index (χ3v) is 4.88. The van der Waals surface area contributed by atoms with E-state index in [1.54, 1.807) is 24.3 Å². The van der Waals surface area contributed by atoms with Crippen LogP contribution in [0.25, 0.3) is 5.76 Å². The Bertz CT molecular complexity index is 924. The van der Waals surface area contributed by atoms with Crippen molar-refractivity contribution >= 4 is 29.1 Å². The fourth-order valence-electron chi connectivity index (χ4n) is 3.17. The number of aliphatic hydroxyl groups excluding tert-OH is 1. The standard InChI is InChI=1S/C21H20ClFN2O3/c1-24(2)11-12-25-18(13-5-9-16(23)10-6-13)17(20(27)21(25)28)19(26)14-3-7-15(22)8-4-14/h3-10,18,26H,11-12H2,1-2H3/b19-17+/t18-/m1/s1. The highest BCUT2D eigenvalue weighted by molar-refractivity contribution is 6.46. The van der Waals surface area contributed by atoms with Gasteiger partial charge in [0.1, 0.15) is 11.6 Å². The van der Waals surface area contributed by atoms with Gasteiger partial charge >= 0.3 is 0 Å². The molecular formula is C21H20ClFN2O3. The van der Waals surface area contributed by atoms with Gasteiger partial charge in [-0.1, -0.05) is 23.7 Å². The number of aliphatic hydroxyl groups is 1. The zero-order chi connectivity index (χ0) is 20.4. The van der Waals surface area contributed by atoms with E-state index in [1.165, 1.54) is 29.2 Å². The summed E-state index contributed by atoms with van der Waals surface area (Å²) in [7, 11) is 3.72. The molecule has 2 aromatic carbocycles. The SMILES string of the molecule is CN(C)CCN1C(=O)C(=O)/C(=C(/O)c2ccc(Cl)cc2)[C@H]1c1ccc(F)cc1. The van der Waals surface area contributed by atoms with Gasteiger partial charge in [0.25, 0.3) is 11.7 Å². The van der Waals surface area contributed by atoms with Gasteiger partial charge in [-0.3, -0.25) is 9.59 Å². The van der Waals surface area contributed by atoms with Crippen molar-refractivity contribution in [2.24, 2.45) is 0 Å². The van der Waals surface area contributed by atoms with E-state index in [1.807, 2.05) is 19.0 Å². The van der Waals surface area contributed by atoms with Gasteiger partial charge in [-0.2, -0.15) is 0 Å². The molecule has 0 aromatic heterocycles. The summed E-state index contributed by atoms with van der Waals surface area (Å²) in [6, 6.07) is 11.1. The number of rotatable bonds is 5. The number of benzene rings is 2. The maximum atomic E-state index is 13.4. The minimum Gasteiger partial charge on any atom is -0.507 e. The number of likely N-dealkylation sites (tertiary alicyclic amines) is 1. The van der Waals surface area contributed by atoms with Gasteiger partial charge in [0.15, 0.2) is 0 Å².